The van der Waals surface area contributed by atoms with Gasteiger partial charge in [0, 0.05) is 6.54 Å². The van der Waals surface area contributed by atoms with Crippen LogP contribution in [0.3, 0.4) is 0 Å². The molecule has 1 aromatic carbocycles. The van der Waals surface area contributed by atoms with Crippen molar-refractivity contribution in [3.8, 4) is 0 Å². The van der Waals surface area contributed by atoms with Gasteiger partial charge in [-0.15, -0.1) is 0 Å². The Hall–Kier alpha value is -1.84. The van der Waals surface area contributed by atoms with Crippen molar-refractivity contribution in [3.63, 3.8) is 0 Å². The topological polar surface area (TPSA) is 55.4 Å². The van der Waals surface area contributed by atoms with Gasteiger partial charge in [-0.1, -0.05) is 31.5 Å². The lowest BCUT2D eigenvalue weighted by atomic mass is 10.2. The maximum Gasteiger partial charge on any atom is 0.338 e. The fourth-order valence-electron chi connectivity index (χ4n) is 1.24. The van der Waals surface area contributed by atoms with Crippen LogP contribution in [-0.2, 0) is 9.53 Å². The van der Waals surface area contributed by atoms with Crippen molar-refractivity contribution in [1.82, 2.24) is 5.32 Å². The third-order valence-corrected chi connectivity index (χ3v) is 2.20. The molecule has 92 valence electrons. The van der Waals surface area contributed by atoms with Crippen LogP contribution in [0.2, 0.25) is 0 Å². The predicted octanol–water partition coefficient (Wildman–Crippen LogP) is 1.76. The molecule has 1 aromatic rings. The van der Waals surface area contributed by atoms with Gasteiger partial charge in [0.15, 0.2) is 6.61 Å². The van der Waals surface area contributed by atoms with Crippen LogP contribution in [0.1, 0.15) is 30.1 Å². The Bertz CT molecular complexity index is 362. The van der Waals surface area contributed by atoms with Crippen molar-refractivity contribution >= 4 is 11.9 Å². The number of carbonyl (C=O) groups is 2. The summed E-state index contributed by atoms with van der Waals surface area (Å²) in [5.74, 6) is -0.737. The summed E-state index contributed by atoms with van der Waals surface area (Å²) in [6.07, 6.45) is 1.95. The van der Waals surface area contributed by atoms with Crippen molar-refractivity contribution < 1.29 is 14.3 Å². The zero-order valence-corrected chi connectivity index (χ0v) is 9.94. The van der Waals surface area contributed by atoms with Crippen molar-refractivity contribution in [2.75, 3.05) is 13.2 Å². The molecule has 4 nitrogen and oxygen atoms in total. The van der Waals surface area contributed by atoms with Crippen LogP contribution in [0.4, 0.5) is 0 Å². The number of carbonyl (C=O) groups excluding carboxylic acids is 2. The first-order chi connectivity index (χ1) is 8.24. The highest BCUT2D eigenvalue weighted by molar-refractivity contribution is 5.91. The predicted molar refractivity (Wildman–Crippen MR) is 64.6 cm³/mol. The van der Waals surface area contributed by atoms with Crippen LogP contribution in [0.5, 0.6) is 0 Å². The first-order valence-corrected chi connectivity index (χ1v) is 5.73. The van der Waals surface area contributed by atoms with Crippen LogP contribution in [0.15, 0.2) is 30.3 Å². The van der Waals surface area contributed by atoms with E-state index >= 15 is 0 Å². The molecule has 1 rings (SSSR count). The molecule has 0 spiro atoms. The summed E-state index contributed by atoms with van der Waals surface area (Å²) in [6, 6.07) is 8.61. The summed E-state index contributed by atoms with van der Waals surface area (Å²) in [5.41, 5.74) is 0.453. The van der Waals surface area contributed by atoms with E-state index < -0.39 is 5.97 Å². The van der Waals surface area contributed by atoms with E-state index in [1.807, 2.05) is 13.0 Å². The van der Waals surface area contributed by atoms with Crippen LogP contribution in [0.25, 0.3) is 0 Å². The molecule has 0 bridgehead atoms. The largest absolute Gasteiger partial charge is 0.452 e. The average Bonchev–Trinajstić information content (AvgIpc) is 2.37. The molecule has 0 unspecified atom stereocenters. The Morgan fingerprint density at radius 3 is 2.59 bits per heavy atom. The minimum Gasteiger partial charge on any atom is -0.452 e. The van der Waals surface area contributed by atoms with Crippen LogP contribution >= 0.6 is 0 Å². The van der Waals surface area contributed by atoms with Crippen LogP contribution in [0, 0.1) is 0 Å². The summed E-state index contributed by atoms with van der Waals surface area (Å²) < 4.78 is 4.87. The number of hydrogen-bond acceptors (Lipinski definition) is 3. The van der Waals surface area contributed by atoms with Crippen molar-refractivity contribution in [3.05, 3.63) is 35.9 Å². The number of nitrogens with one attached hydrogen (secondary N) is 1. The van der Waals surface area contributed by atoms with Crippen molar-refractivity contribution in [2.24, 2.45) is 0 Å². The molecular formula is C13H17NO3. The van der Waals surface area contributed by atoms with Gasteiger partial charge in [0.2, 0.25) is 0 Å². The number of unbranched alkanes of at least 4 members (excludes halogenated alkanes) is 1. The molecule has 0 aliphatic rings. The van der Waals surface area contributed by atoms with Gasteiger partial charge in [0.25, 0.3) is 5.91 Å². The van der Waals surface area contributed by atoms with Gasteiger partial charge < -0.3 is 10.1 Å². The first-order valence-electron chi connectivity index (χ1n) is 5.73. The Morgan fingerprint density at radius 1 is 1.24 bits per heavy atom. The molecule has 0 aromatic heterocycles. The second kappa shape index (κ2) is 7.44. The number of amides is 1. The minimum atomic E-state index is -0.476. The summed E-state index contributed by atoms with van der Waals surface area (Å²) in [4.78, 5) is 22.7. The molecule has 1 N–H and O–H groups in total. The molecule has 0 heterocycles. The van der Waals surface area contributed by atoms with Crippen LogP contribution < -0.4 is 5.32 Å². The SMILES string of the molecule is CCCCNC(=O)COC(=O)c1ccccc1. The van der Waals surface area contributed by atoms with E-state index in [-0.39, 0.29) is 12.5 Å². The summed E-state index contributed by atoms with van der Waals surface area (Å²) in [5, 5.41) is 2.67. The zero-order valence-electron chi connectivity index (χ0n) is 9.94. The third-order valence-electron chi connectivity index (χ3n) is 2.20. The standard InChI is InChI=1S/C13H17NO3/c1-2-3-9-14-12(15)10-17-13(16)11-7-5-4-6-8-11/h4-8H,2-3,9-10H2,1H3,(H,14,15). The first kappa shape index (κ1) is 13.2. The van der Waals surface area contributed by atoms with E-state index in [1.165, 1.54) is 0 Å². The zero-order chi connectivity index (χ0) is 12.5. The highest BCUT2D eigenvalue weighted by atomic mass is 16.5. The molecule has 1 amide bonds. The average molecular weight is 235 g/mol. The van der Waals surface area contributed by atoms with Gasteiger partial charge in [-0.05, 0) is 18.6 Å². The second-order valence-electron chi connectivity index (χ2n) is 3.65. The van der Waals surface area contributed by atoms with E-state index in [4.69, 9.17) is 4.74 Å². The maximum atomic E-state index is 11.5. The molecule has 0 saturated heterocycles. The van der Waals surface area contributed by atoms with E-state index in [1.54, 1.807) is 24.3 Å². The molecule has 0 aliphatic heterocycles. The molecule has 4 heteroatoms. The minimum absolute atomic E-state index is 0.225. The molecule has 0 fully saturated rings. The van der Waals surface area contributed by atoms with Gasteiger partial charge in [0.05, 0.1) is 5.56 Å². The third kappa shape index (κ3) is 5.15. The lowest BCUT2D eigenvalue weighted by Crippen LogP contribution is -2.29. The number of ether oxygens (including phenoxy) is 1. The quantitative estimate of drug-likeness (QED) is 0.603. The lowest BCUT2D eigenvalue weighted by Gasteiger charge is -2.05. The summed E-state index contributed by atoms with van der Waals surface area (Å²) in [6.45, 7) is 2.44. The molecule has 0 atom stereocenters. The smallest absolute Gasteiger partial charge is 0.338 e. The van der Waals surface area contributed by atoms with E-state index in [9.17, 15) is 9.59 Å². The molecule has 0 aliphatic carbocycles. The molecule has 17 heavy (non-hydrogen) atoms. The van der Waals surface area contributed by atoms with Crippen LogP contribution in [-0.4, -0.2) is 25.0 Å². The Morgan fingerprint density at radius 2 is 1.94 bits per heavy atom. The van der Waals surface area contributed by atoms with Gasteiger partial charge in [-0.3, -0.25) is 4.79 Å². The molecular weight excluding hydrogens is 218 g/mol. The maximum absolute atomic E-state index is 11.5. The van der Waals surface area contributed by atoms with Crippen molar-refractivity contribution in [2.45, 2.75) is 19.8 Å². The number of esters is 1. The number of hydrogen-bond donors (Lipinski definition) is 1. The van der Waals surface area contributed by atoms with E-state index in [0.29, 0.717) is 12.1 Å². The highest BCUT2D eigenvalue weighted by Gasteiger charge is 2.08. The van der Waals surface area contributed by atoms with Gasteiger partial charge in [-0.25, -0.2) is 4.79 Å². The van der Waals surface area contributed by atoms with E-state index in [0.717, 1.165) is 12.8 Å². The Kier molecular flexibility index (Phi) is 5.79. The Labute approximate surface area is 101 Å². The Balaban J connectivity index is 2.26. The fraction of sp³-hybridized carbons (Fsp3) is 0.385. The lowest BCUT2D eigenvalue weighted by molar-refractivity contribution is -0.124. The molecule has 0 radical (unpaired) electrons. The summed E-state index contributed by atoms with van der Waals surface area (Å²) in [7, 11) is 0. The fourth-order valence-corrected chi connectivity index (χ4v) is 1.24. The summed E-state index contributed by atoms with van der Waals surface area (Å²) >= 11 is 0. The van der Waals surface area contributed by atoms with E-state index in [2.05, 4.69) is 5.32 Å². The monoisotopic (exact) mass is 235 g/mol. The molecule has 0 saturated carbocycles. The number of benzene rings is 1. The van der Waals surface area contributed by atoms with Gasteiger partial charge in [0.1, 0.15) is 0 Å². The second-order valence-corrected chi connectivity index (χ2v) is 3.65. The van der Waals surface area contributed by atoms with Gasteiger partial charge in [-0.2, -0.15) is 0 Å². The normalized spacial score (nSPS) is 9.71. The highest BCUT2D eigenvalue weighted by Crippen LogP contribution is 2.00. The number of rotatable bonds is 6. The van der Waals surface area contributed by atoms with Gasteiger partial charge >= 0.3 is 5.97 Å². The van der Waals surface area contributed by atoms with Crippen molar-refractivity contribution in [1.29, 1.82) is 0 Å².